The normalized spacial score (nSPS) is 10.9. The van der Waals surface area contributed by atoms with Crippen molar-refractivity contribution in [1.82, 2.24) is 5.32 Å². The summed E-state index contributed by atoms with van der Waals surface area (Å²) in [6.45, 7) is 0.381. The van der Waals surface area contributed by atoms with Crippen molar-refractivity contribution >= 4 is 27.6 Å². The number of primary sulfonamides is 1. The highest BCUT2D eigenvalue weighted by Gasteiger charge is 2.11. The first-order valence-corrected chi connectivity index (χ1v) is 9.65. The van der Waals surface area contributed by atoms with Crippen LogP contribution in [0.25, 0.3) is 0 Å². The summed E-state index contributed by atoms with van der Waals surface area (Å²) in [4.78, 5) is 23.7. The molecule has 144 valence electrons. The van der Waals surface area contributed by atoms with Crippen LogP contribution in [0.2, 0.25) is 0 Å². The van der Waals surface area contributed by atoms with E-state index >= 15 is 0 Å². The Morgan fingerprint density at radius 3 is 2.37 bits per heavy atom. The van der Waals surface area contributed by atoms with E-state index in [0.717, 1.165) is 5.56 Å². The molecule has 0 aliphatic carbocycles. The number of carbonyl (C=O) groups excluding carboxylic acids is 2. The lowest BCUT2D eigenvalue weighted by Gasteiger charge is -2.11. The predicted octanol–water partition coefficient (Wildman–Crippen LogP) is 0.891. The van der Waals surface area contributed by atoms with E-state index in [-0.39, 0.29) is 17.3 Å². The lowest BCUT2D eigenvalue weighted by atomic mass is 10.1. The van der Waals surface area contributed by atoms with Gasteiger partial charge in [-0.3, -0.25) is 4.79 Å². The van der Waals surface area contributed by atoms with Crippen molar-refractivity contribution in [3.8, 4) is 0 Å². The SMILES string of the molecule is COC(=O)c1ccccc1NCC(=O)NCCc1ccc(S(N)(=O)=O)cc1. The maximum Gasteiger partial charge on any atom is 0.339 e. The third-order valence-electron chi connectivity index (χ3n) is 3.76. The van der Waals surface area contributed by atoms with E-state index in [4.69, 9.17) is 9.88 Å². The number of para-hydroxylation sites is 1. The van der Waals surface area contributed by atoms with E-state index in [1.165, 1.54) is 19.2 Å². The molecule has 2 aromatic rings. The van der Waals surface area contributed by atoms with Crippen molar-refractivity contribution in [2.45, 2.75) is 11.3 Å². The number of carbonyl (C=O) groups is 2. The second-order valence-electron chi connectivity index (χ2n) is 5.68. The average Bonchev–Trinajstić information content (AvgIpc) is 2.65. The molecule has 4 N–H and O–H groups in total. The number of anilines is 1. The van der Waals surface area contributed by atoms with E-state index in [9.17, 15) is 18.0 Å². The zero-order chi connectivity index (χ0) is 19.9. The molecule has 0 aromatic heterocycles. The molecule has 0 fully saturated rings. The summed E-state index contributed by atoms with van der Waals surface area (Å²) in [5.74, 6) is -0.725. The van der Waals surface area contributed by atoms with Crippen molar-refractivity contribution in [2.75, 3.05) is 25.5 Å². The fourth-order valence-corrected chi connectivity index (χ4v) is 2.87. The second-order valence-corrected chi connectivity index (χ2v) is 7.24. The van der Waals surface area contributed by atoms with Crippen molar-refractivity contribution in [3.05, 3.63) is 59.7 Å². The Morgan fingerprint density at radius 1 is 1.07 bits per heavy atom. The van der Waals surface area contributed by atoms with Crippen molar-refractivity contribution in [3.63, 3.8) is 0 Å². The number of hydrogen-bond acceptors (Lipinski definition) is 6. The minimum atomic E-state index is -3.71. The largest absolute Gasteiger partial charge is 0.465 e. The van der Waals surface area contributed by atoms with Crippen LogP contribution in [0.3, 0.4) is 0 Å². The van der Waals surface area contributed by atoms with E-state index in [1.54, 1.807) is 36.4 Å². The van der Waals surface area contributed by atoms with Crippen LogP contribution in [0.5, 0.6) is 0 Å². The Labute approximate surface area is 157 Å². The van der Waals surface area contributed by atoms with Crippen molar-refractivity contribution in [1.29, 1.82) is 0 Å². The van der Waals surface area contributed by atoms with Gasteiger partial charge in [0.1, 0.15) is 0 Å². The molecule has 0 saturated carbocycles. The minimum Gasteiger partial charge on any atom is -0.465 e. The van der Waals surface area contributed by atoms with Gasteiger partial charge in [-0.1, -0.05) is 24.3 Å². The third-order valence-corrected chi connectivity index (χ3v) is 4.69. The summed E-state index contributed by atoms with van der Waals surface area (Å²) in [5, 5.41) is 10.7. The number of methoxy groups -OCH3 is 1. The molecule has 0 aliphatic heterocycles. The zero-order valence-corrected chi connectivity index (χ0v) is 15.6. The Bertz CT molecular complexity index is 911. The number of hydrogen-bond donors (Lipinski definition) is 3. The molecule has 0 saturated heterocycles. The van der Waals surface area contributed by atoms with Gasteiger partial charge in [-0.15, -0.1) is 0 Å². The van der Waals surface area contributed by atoms with Crippen LogP contribution in [0, 0.1) is 0 Å². The van der Waals surface area contributed by atoms with Crippen LogP contribution >= 0.6 is 0 Å². The molecule has 0 aliphatic rings. The number of sulfonamides is 1. The van der Waals surface area contributed by atoms with E-state index in [1.807, 2.05) is 0 Å². The van der Waals surface area contributed by atoms with Crippen LogP contribution in [0.4, 0.5) is 5.69 Å². The smallest absolute Gasteiger partial charge is 0.339 e. The van der Waals surface area contributed by atoms with Gasteiger partial charge in [0, 0.05) is 12.2 Å². The fraction of sp³-hybridized carbons (Fsp3) is 0.222. The van der Waals surface area contributed by atoms with Gasteiger partial charge >= 0.3 is 5.97 Å². The molecule has 0 atom stereocenters. The number of nitrogens with two attached hydrogens (primary N) is 1. The monoisotopic (exact) mass is 391 g/mol. The topological polar surface area (TPSA) is 128 Å². The lowest BCUT2D eigenvalue weighted by molar-refractivity contribution is -0.119. The van der Waals surface area contributed by atoms with Crippen LogP contribution in [0.1, 0.15) is 15.9 Å². The molecule has 0 radical (unpaired) electrons. The van der Waals surface area contributed by atoms with Gasteiger partial charge in [-0.25, -0.2) is 18.4 Å². The van der Waals surface area contributed by atoms with Crippen LogP contribution in [-0.2, 0) is 26.0 Å². The highest BCUT2D eigenvalue weighted by molar-refractivity contribution is 7.89. The lowest BCUT2D eigenvalue weighted by Crippen LogP contribution is -2.31. The quantitative estimate of drug-likeness (QED) is 0.574. The van der Waals surface area contributed by atoms with E-state index in [0.29, 0.717) is 24.2 Å². The Kier molecular flexibility index (Phi) is 6.91. The van der Waals surface area contributed by atoms with Crippen LogP contribution in [-0.4, -0.2) is 40.5 Å². The van der Waals surface area contributed by atoms with Gasteiger partial charge < -0.3 is 15.4 Å². The number of ether oxygens (including phenoxy) is 1. The summed E-state index contributed by atoms with van der Waals surface area (Å²) in [5.41, 5.74) is 1.73. The van der Waals surface area contributed by atoms with Gasteiger partial charge in [0.15, 0.2) is 0 Å². The Balaban J connectivity index is 1.81. The third kappa shape index (κ3) is 6.08. The number of nitrogens with one attached hydrogen (secondary N) is 2. The molecule has 2 aromatic carbocycles. The number of esters is 1. The summed E-state index contributed by atoms with van der Waals surface area (Å²) in [6.07, 6.45) is 0.537. The highest BCUT2D eigenvalue weighted by atomic mass is 32.2. The Morgan fingerprint density at radius 2 is 1.74 bits per heavy atom. The summed E-state index contributed by atoms with van der Waals surface area (Å²) in [7, 11) is -2.42. The molecule has 0 unspecified atom stereocenters. The molecular weight excluding hydrogens is 370 g/mol. The molecule has 27 heavy (non-hydrogen) atoms. The maximum atomic E-state index is 12.0. The average molecular weight is 391 g/mol. The predicted molar refractivity (Wildman–Crippen MR) is 101 cm³/mol. The van der Waals surface area contributed by atoms with Crippen LogP contribution in [0.15, 0.2) is 53.4 Å². The summed E-state index contributed by atoms with van der Waals surface area (Å²) < 4.78 is 27.1. The number of rotatable bonds is 8. The molecule has 9 heteroatoms. The number of benzene rings is 2. The van der Waals surface area contributed by atoms with E-state index in [2.05, 4.69) is 10.6 Å². The first-order chi connectivity index (χ1) is 12.8. The van der Waals surface area contributed by atoms with Gasteiger partial charge in [-0.05, 0) is 36.2 Å². The van der Waals surface area contributed by atoms with Gasteiger partial charge in [0.2, 0.25) is 15.9 Å². The zero-order valence-electron chi connectivity index (χ0n) is 14.8. The van der Waals surface area contributed by atoms with Crippen molar-refractivity contribution < 1.29 is 22.7 Å². The maximum absolute atomic E-state index is 12.0. The summed E-state index contributed by atoms with van der Waals surface area (Å²) >= 11 is 0. The van der Waals surface area contributed by atoms with Gasteiger partial charge in [-0.2, -0.15) is 0 Å². The molecule has 0 heterocycles. The molecule has 1 amide bonds. The standard InChI is InChI=1S/C18H21N3O5S/c1-26-18(23)15-4-2-3-5-16(15)21-12-17(22)20-11-10-13-6-8-14(9-7-13)27(19,24)25/h2-9,21H,10-12H2,1H3,(H,20,22)(H2,19,24,25). The highest BCUT2D eigenvalue weighted by Crippen LogP contribution is 2.15. The van der Waals surface area contributed by atoms with Gasteiger partial charge in [0.25, 0.3) is 0 Å². The first-order valence-electron chi connectivity index (χ1n) is 8.11. The fourth-order valence-electron chi connectivity index (χ4n) is 2.36. The summed E-state index contributed by atoms with van der Waals surface area (Å²) in [6, 6.07) is 12.9. The Hall–Kier alpha value is -2.91. The molecule has 8 nitrogen and oxygen atoms in total. The molecule has 0 spiro atoms. The molecule has 0 bridgehead atoms. The second kappa shape index (κ2) is 9.15. The van der Waals surface area contributed by atoms with Crippen LogP contribution < -0.4 is 15.8 Å². The van der Waals surface area contributed by atoms with E-state index < -0.39 is 16.0 Å². The molecule has 2 rings (SSSR count). The minimum absolute atomic E-state index is 0.00162. The number of amides is 1. The molecular formula is C18H21N3O5S. The van der Waals surface area contributed by atoms with Crippen molar-refractivity contribution in [2.24, 2.45) is 5.14 Å². The van der Waals surface area contributed by atoms with Gasteiger partial charge in [0.05, 0.1) is 24.1 Å². The first kappa shape index (κ1) is 20.4.